The molecule has 1 fully saturated rings. The molecular weight excluding hydrogens is 276 g/mol. The van der Waals surface area contributed by atoms with Crippen LogP contribution in [0.15, 0.2) is 42.6 Å². The van der Waals surface area contributed by atoms with Crippen LogP contribution in [0.5, 0.6) is 0 Å². The summed E-state index contributed by atoms with van der Waals surface area (Å²) in [7, 11) is 0. The number of nitrogens with one attached hydrogen (secondary N) is 1. The van der Waals surface area contributed by atoms with Crippen molar-refractivity contribution >= 4 is 17.5 Å². The molecular formula is C15H15ClN2O2. The Labute approximate surface area is 122 Å². The topological polar surface area (TPSA) is 45.3 Å². The Hall–Kier alpha value is -1.78. The number of nitrogens with zero attached hydrogens (tertiary/aromatic N) is 1. The number of carbonyl (C=O) groups excluding carboxylic acids is 1. The van der Waals surface area contributed by atoms with Crippen molar-refractivity contribution in [3.8, 4) is 0 Å². The lowest BCUT2D eigenvalue weighted by Crippen LogP contribution is -2.42. The number of rotatable bonds is 2. The molecule has 1 aromatic carbocycles. The summed E-state index contributed by atoms with van der Waals surface area (Å²) in [5.74, 6) is 0.0114. The van der Waals surface area contributed by atoms with Gasteiger partial charge in [0.25, 0.3) is 5.91 Å². The molecule has 4 nitrogen and oxygen atoms in total. The summed E-state index contributed by atoms with van der Waals surface area (Å²) < 4.78 is 5.75. The molecule has 5 heteroatoms. The largest absolute Gasteiger partial charge is 0.370 e. The summed E-state index contributed by atoms with van der Waals surface area (Å²) >= 11 is 5.89. The van der Waals surface area contributed by atoms with E-state index in [1.54, 1.807) is 12.3 Å². The second-order valence-corrected chi connectivity index (χ2v) is 5.18. The third-order valence-corrected chi connectivity index (χ3v) is 3.68. The zero-order valence-corrected chi connectivity index (χ0v) is 11.6. The van der Waals surface area contributed by atoms with Gasteiger partial charge in [-0.15, -0.1) is 0 Å². The van der Waals surface area contributed by atoms with E-state index in [0.29, 0.717) is 30.4 Å². The minimum atomic E-state index is -0.0973. The normalized spacial score (nSPS) is 19.1. The summed E-state index contributed by atoms with van der Waals surface area (Å²) in [5.41, 5.74) is 1.65. The van der Waals surface area contributed by atoms with Gasteiger partial charge in [-0.1, -0.05) is 23.7 Å². The smallest absolute Gasteiger partial charge is 0.270 e. The number of benzene rings is 1. The second kappa shape index (κ2) is 5.69. The number of H-pyrrole nitrogens is 1. The summed E-state index contributed by atoms with van der Waals surface area (Å²) in [6.45, 7) is 1.71. The Bertz CT molecular complexity index is 580. The summed E-state index contributed by atoms with van der Waals surface area (Å²) in [6.07, 6.45) is 1.66. The first-order valence-corrected chi connectivity index (χ1v) is 6.91. The lowest BCUT2D eigenvalue weighted by atomic mass is 10.1. The molecule has 1 N–H and O–H groups in total. The fourth-order valence-electron chi connectivity index (χ4n) is 2.35. The molecule has 0 bridgehead atoms. The van der Waals surface area contributed by atoms with Gasteiger partial charge in [-0.3, -0.25) is 4.79 Å². The van der Waals surface area contributed by atoms with Crippen LogP contribution in [-0.2, 0) is 4.74 Å². The molecule has 0 saturated carbocycles. The van der Waals surface area contributed by atoms with E-state index in [4.69, 9.17) is 16.3 Å². The highest BCUT2D eigenvalue weighted by atomic mass is 35.5. The van der Waals surface area contributed by atoms with Crippen LogP contribution in [0.2, 0.25) is 5.02 Å². The van der Waals surface area contributed by atoms with E-state index in [0.717, 1.165) is 5.56 Å². The van der Waals surface area contributed by atoms with Crippen molar-refractivity contribution in [2.75, 3.05) is 19.7 Å². The van der Waals surface area contributed by atoms with Gasteiger partial charge in [-0.25, -0.2) is 0 Å². The Morgan fingerprint density at radius 2 is 2.10 bits per heavy atom. The van der Waals surface area contributed by atoms with Crippen LogP contribution in [0, 0.1) is 0 Å². The number of hydrogen-bond acceptors (Lipinski definition) is 2. The minimum absolute atomic E-state index is 0.0114. The standard InChI is InChI=1S/C15H15ClN2O2/c16-12-5-3-11(4-6-12)14-10-18(8-9-20-14)15(19)13-2-1-7-17-13/h1-7,14,17H,8-10H2/t14-/m1/s1. The zero-order valence-electron chi connectivity index (χ0n) is 10.9. The molecule has 1 aromatic heterocycles. The first-order valence-electron chi connectivity index (χ1n) is 6.54. The van der Waals surface area contributed by atoms with Crippen molar-refractivity contribution in [3.05, 3.63) is 58.9 Å². The van der Waals surface area contributed by atoms with E-state index >= 15 is 0 Å². The van der Waals surface area contributed by atoms with Crippen LogP contribution in [0.4, 0.5) is 0 Å². The van der Waals surface area contributed by atoms with Crippen LogP contribution in [0.3, 0.4) is 0 Å². The van der Waals surface area contributed by atoms with Crippen molar-refractivity contribution in [2.24, 2.45) is 0 Å². The molecule has 0 spiro atoms. The van der Waals surface area contributed by atoms with Crippen molar-refractivity contribution in [2.45, 2.75) is 6.10 Å². The predicted octanol–water partition coefficient (Wildman–Crippen LogP) is 2.88. The van der Waals surface area contributed by atoms with Crippen LogP contribution >= 0.6 is 11.6 Å². The molecule has 1 aliphatic heterocycles. The Kier molecular flexibility index (Phi) is 3.76. The molecule has 1 amide bonds. The number of amides is 1. The number of hydrogen-bond donors (Lipinski definition) is 1. The summed E-state index contributed by atoms with van der Waals surface area (Å²) in [6, 6.07) is 11.2. The quantitative estimate of drug-likeness (QED) is 0.924. The zero-order chi connectivity index (χ0) is 13.9. The van der Waals surface area contributed by atoms with E-state index in [1.807, 2.05) is 35.2 Å². The van der Waals surface area contributed by atoms with Gasteiger partial charge in [0.1, 0.15) is 11.8 Å². The molecule has 0 aliphatic carbocycles. The van der Waals surface area contributed by atoms with Crippen LogP contribution in [-0.4, -0.2) is 35.5 Å². The third-order valence-electron chi connectivity index (χ3n) is 3.42. The number of aromatic nitrogens is 1. The predicted molar refractivity (Wildman–Crippen MR) is 76.8 cm³/mol. The molecule has 20 heavy (non-hydrogen) atoms. The molecule has 1 atom stereocenters. The molecule has 104 valence electrons. The second-order valence-electron chi connectivity index (χ2n) is 4.75. The van der Waals surface area contributed by atoms with Gasteiger partial charge < -0.3 is 14.6 Å². The van der Waals surface area contributed by atoms with Crippen molar-refractivity contribution in [3.63, 3.8) is 0 Å². The minimum Gasteiger partial charge on any atom is -0.370 e. The van der Waals surface area contributed by atoms with Crippen molar-refractivity contribution in [1.82, 2.24) is 9.88 Å². The van der Waals surface area contributed by atoms with Gasteiger partial charge in [0.2, 0.25) is 0 Å². The Morgan fingerprint density at radius 3 is 2.80 bits per heavy atom. The fraction of sp³-hybridized carbons (Fsp3) is 0.267. The Morgan fingerprint density at radius 1 is 1.30 bits per heavy atom. The molecule has 0 unspecified atom stereocenters. The van der Waals surface area contributed by atoms with E-state index in [2.05, 4.69) is 4.98 Å². The number of ether oxygens (including phenoxy) is 1. The first-order chi connectivity index (χ1) is 9.74. The lowest BCUT2D eigenvalue weighted by molar-refractivity contribution is -0.0229. The first kappa shape index (κ1) is 13.2. The molecule has 3 rings (SSSR count). The molecule has 2 aromatic rings. The van der Waals surface area contributed by atoms with Crippen molar-refractivity contribution in [1.29, 1.82) is 0 Å². The maximum atomic E-state index is 12.3. The van der Waals surface area contributed by atoms with Gasteiger partial charge in [0, 0.05) is 17.8 Å². The van der Waals surface area contributed by atoms with E-state index in [9.17, 15) is 4.79 Å². The summed E-state index contributed by atoms with van der Waals surface area (Å²) in [5, 5.41) is 0.698. The monoisotopic (exact) mass is 290 g/mol. The van der Waals surface area contributed by atoms with E-state index in [1.165, 1.54) is 0 Å². The number of morpholine rings is 1. The van der Waals surface area contributed by atoms with Gasteiger partial charge in [-0.05, 0) is 29.8 Å². The maximum absolute atomic E-state index is 12.3. The average molecular weight is 291 g/mol. The highest BCUT2D eigenvalue weighted by molar-refractivity contribution is 6.30. The van der Waals surface area contributed by atoms with Crippen LogP contribution < -0.4 is 0 Å². The van der Waals surface area contributed by atoms with Gasteiger partial charge >= 0.3 is 0 Å². The Balaban J connectivity index is 1.73. The number of aromatic amines is 1. The lowest BCUT2D eigenvalue weighted by Gasteiger charge is -2.33. The third kappa shape index (κ3) is 2.71. The molecule has 1 aliphatic rings. The maximum Gasteiger partial charge on any atom is 0.270 e. The highest BCUT2D eigenvalue weighted by Crippen LogP contribution is 2.24. The van der Waals surface area contributed by atoms with Gasteiger partial charge in [-0.2, -0.15) is 0 Å². The number of halogens is 1. The molecule has 0 radical (unpaired) electrons. The van der Waals surface area contributed by atoms with Crippen LogP contribution in [0.25, 0.3) is 0 Å². The number of carbonyl (C=O) groups is 1. The van der Waals surface area contributed by atoms with Gasteiger partial charge in [0.15, 0.2) is 0 Å². The summed E-state index contributed by atoms with van der Waals surface area (Å²) in [4.78, 5) is 17.1. The van der Waals surface area contributed by atoms with Crippen LogP contribution in [0.1, 0.15) is 22.2 Å². The fourth-order valence-corrected chi connectivity index (χ4v) is 2.47. The average Bonchev–Trinajstić information content (AvgIpc) is 3.01. The highest BCUT2D eigenvalue weighted by Gasteiger charge is 2.26. The SMILES string of the molecule is O=C(c1ccc[nH]1)N1CCO[C@@H](c2ccc(Cl)cc2)C1. The van der Waals surface area contributed by atoms with Gasteiger partial charge in [0.05, 0.1) is 13.2 Å². The van der Waals surface area contributed by atoms with Crippen molar-refractivity contribution < 1.29 is 9.53 Å². The van der Waals surface area contributed by atoms with E-state index < -0.39 is 0 Å². The molecule has 1 saturated heterocycles. The van der Waals surface area contributed by atoms with E-state index in [-0.39, 0.29) is 12.0 Å². The molecule has 2 heterocycles.